The summed E-state index contributed by atoms with van der Waals surface area (Å²) in [5.41, 5.74) is 0.458. The Morgan fingerprint density at radius 3 is 2.55 bits per heavy atom. The highest BCUT2D eigenvalue weighted by molar-refractivity contribution is 8.15. The van der Waals surface area contributed by atoms with E-state index in [0.717, 1.165) is 28.2 Å². The maximum atomic E-state index is 10.2. The Morgan fingerprint density at radius 2 is 1.86 bits per heavy atom. The molecule has 0 amide bonds. The zero-order chi connectivity index (χ0) is 21.2. The number of aliphatic hydroxyl groups is 4. The zero-order valence-corrected chi connectivity index (χ0v) is 16.5. The van der Waals surface area contributed by atoms with Crippen molar-refractivity contribution in [3.05, 3.63) is 36.0 Å². The Kier molecular flexibility index (Phi) is 7.06. The van der Waals surface area contributed by atoms with Gasteiger partial charge >= 0.3 is 0 Å². The van der Waals surface area contributed by atoms with E-state index in [2.05, 4.69) is 14.4 Å². The third kappa shape index (κ3) is 5.40. The fourth-order valence-corrected chi connectivity index (χ4v) is 4.25. The highest BCUT2D eigenvalue weighted by Gasteiger charge is 2.44. The summed E-state index contributed by atoms with van der Waals surface area (Å²) in [5, 5.41) is 43.9. The Balaban J connectivity index is 1.84. The van der Waals surface area contributed by atoms with Crippen LogP contribution in [0.25, 0.3) is 10.9 Å². The minimum absolute atomic E-state index is 0.0770. The largest absolute Gasteiger partial charge is 0.394 e. The van der Waals surface area contributed by atoms with Gasteiger partial charge in [0.15, 0.2) is 0 Å². The SMILES string of the molecule is OC[C@@H]1O[C@H](S/C(Cc2c[nH]c3ccccc23)=N/OS(O)(O)O)[C@H](O)[C@H](O)[C@@H]1O. The molecule has 13 heteroatoms. The van der Waals surface area contributed by atoms with Crippen LogP contribution in [-0.4, -0.2) is 80.6 Å². The number of oxime groups is 1. The lowest BCUT2D eigenvalue weighted by Gasteiger charge is -2.39. The molecule has 2 aromatic rings. The molecule has 162 valence electrons. The molecule has 1 aliphatic rings. The van der Waals surface area contributed by atoms with Crippen LogP contribution in [0.3, 0.4) is 0 Å². The number of benzene rings is 1. The molecule has 1 aromatic carbocycles. The second-order valence-electron chi connectivity index (χ2n) is 6.38. The van der Waals surface area contributed by atoms with Crippen LogP contribution >= 0.6 is 22.9 Å². The van der Waals surface area contributed by atoms with Crippen LogP contribution in [0.1, 0.15) is 5.56 Å². The number of hydrogen-bond acceptors (Lipinski definition) is 11. The van der Waals surface area contributed by atoms with Crippen molar-refractivity contribution in [1.82, 2.24) is 4.98 Å². The van der Waals surface area contributed by atoms with Crippen LogP contribution in [0.5, 0.6) is 0 Å². The molecular formula is C16H22N2O9S2. The fourth-order valence-electron chi connectivity index (χ4n) is 2.93. The highest BCUT2D eigenvalue weighted by Crippen LogP contribution is 2.36. The van der Waals surface area contributed by atoms with Gasteiger partial charge < -0.3 is 30.1 Å². The number of thioether (sulfide) groups is 1. The molecule has 0 spiro atoms. The molecule has 29 heavy (non-hydrogen) atoms. The molecule has 1 fully saturated rings. The van der Waals surface area contributed by atoms with Crippen LogP contribution < -0.4 is 0 Å². The molecule has 0 aliphatic carbocycles. The molecule has 0 bridgehead atoms. The number of aromatic nitrogens is 1. The van der Waals surface area contributed by atoms with Gasteiger partial charge in [-0.3, -0.25) is 17.9 Å². The lowest BCUT2D eigenvalue weighted by molar-refractivity contribution is -0.205. The summed E-state index contributed by atoms with van der Waals surface area (Å²) in [7, 11) is 0. The van der Waals surface area contributed by atoms with Gasteiger partial charge in [0.2, 0.25) is 0 Å². The molecule has 0 radical (unpaired) electrons. The second kappa shape index (κ2) is 9.18. The number of aliphatic hydroxyl groups excluding tert-OH is 4. The van der Waals surface area contributed by atoms with Gasteiger partial charge in [0.25, 0.3) is 11.2 Å². The van der Waals surface area contributed by atoms with E-state index in [-0.39, 0.29) is 11.5 Å². The summed E-state index contributed by atoms with van der Waals surface area (Å²) in [5.74, 6) is 0. The molecule has 8 N–H and O–H groups in total. The van der Waals surface area contributed by atoms with Gasteiger partial charge in [-0.15, -0.1) is 0 Å². The van der Waals surface area contributed by atoms with E-state index in [9.17, 15) is 20.4 Å². The lowest BCUT2D eigenvalue weighted by atomic mass is 10.0. The Bertz CT molecular complexity index is 854. The quantitative estimate of drug-likeness (QED) is 0.177. The van der Waals surface area contributed by atoms with E-state index in [4.69, 9.17) is 18.4 Å². The van der Waals surface area contributed by atoms with Crippen LogP contribution in [0.15, 0.2) is 35.6 Å². The predicted octanol–water partition coefficient (Wildman–Crippen LogP) is 0.712. The Hall–Kier alpha value is -1.39. The van der Waals surface area contributed by atoms with E-state index < -0.39 is 47.6 Å². The molecule has 0 saturated carbocycles. The van der Waals surface area contributed by atoms with E-state index in [0.29, 0.717) is 0 Å². The number of H-pyrrole nitrogens is 1. The Labute approximate surface area is 171 Å². The molecule has 2 heterocycles. The maximum absolute atomic E-state index is 10.2. The van der Waals surface area contributed by atoms with E-state index in [1.54, 1.807) is 6.20 Å². The topological polar surface area (TPSA) is 188 Å². The van der Waals surface area contributed by atoms with Gasteiger partial charge in [-0.25, -0.2) is 0 Å². The monoisotopic (exact) mass is 450 g/mol. The van der Waals surface area contributed by atoms with Gasteiger partial charge in [0, 0.05) is 23.5 Å². The van der Waals surface area contributed by atoms with Gasteiger partial charge in [0.1, 0.15) is 34.9 Å². The number of ether oxygens (including phenoxy) is 1. The normalized spacial score (nSPS) is 29.2. The summed E-state index contributed by atoms with van der Waals surface area (Å²) < 4.78 is 36.9. The Morgan fingerprint density at radius 1 is 1.14 bits per heavy atom. The predicted molar refractivity (Wildman–Crippen MR) is 107 cm³/mol. The van der Waals surface area contributed by atoms with E-state index in [1.165, 1.54) is 0 Å². The minimum Gasteiger partial charge on any atom is -0.394 e. The average Bonchev–Trinajstić information content (AvgIpc) is 3.08. The number of aromatic amines is 1. The summed E-state index contributed by atoms with van der Waals surface area (Å²) >= 11 is -3.59. The van der Waals surface area contributed by atoms with Crippen LogP contribution in [0.2, 0.25) is 0 Å². The van der Waals surface area contributed by atoms with Gasteiger partial charge in [-0.05, 0) is 11.6 Å². The first kappa shape index (κ1) is 22.3. The average molecular weight is 450 g/mol. The molecule has 5 atom stereocenters. The smallest absolute Gasteiger partial charge is 0.287 e. The third-order valence-corrected chi connectivity index (χ3v) is 5.74. The number of nitrogens with zero attached hydrogens (tertiary/aromatic N) is 1. The van der Waals surface area contributed by atoms with Crippen molar-refractivity contribution < 1.29 is 43.1 Å². The van der Waals surface area contributed by atoms with Gasteiger partial charge in [0.05, 0.1) is 6.61 Å². The van der Waals surface area contributed by atoms with Crippen molar-refractivity contribution in [2.45, 2.75) is 36.3 Å². The lowest BCUT2D eigenvalue weighted by Crippen LogP contribution is -2.57. The first-order chi connectivity index (χ1) is 13.7. The van der Waals surface area contributed by atoms with Crippen LogP contribution in [-0.2, 0) is 15.4 Å². The van der Waals surface area contributed by atoms with Crippen molar-refractivity contribution in [2.75, 3.05) is 6.61 Å². The van der Waals surface area contributed by atoms with Crippen molar-refractivity contribution in [3.8, 4) is 0 Å². The first-order valence-corrected chi connectivity index (χ1v) is 10.8. The maximum Gasteiger partial charge on any atom is 0.287 e. The molecule has 0 unspecified atom stereocenters. The van der Waals surface area contributed by atoms with E-state index >= 15 is 0 Å². The van der Waals surface area contributed by atoms with E-state index in [1.807, 2.05) is 24.3 Å². The van der Waals surface area contributed by atoms with Gasteiger partial charge in [-0.1, -0.05) is 35.1 Å². The number of hydrogen-bond donors (Lipinski definition) is 8. The van der Waals surface area contributed by atoms with Gasteiger partial charge in [-0.2, -0.15) is 0 Å². The number of para-hydroxylation sites is 1. The van der Waals surface area contributed by atoms with Crippen LogP contribution in [0.4, 0.5) is 0 Å². The standard InChI is InChI=1S/C16H22N2O9S2/c19-7-11-13(20)14(21)15(22)16(26-11)28-12(18-27-29(23,24)25)5-8-6-17-10-4-2-1-3-9(8)10/h1-4,6,11,13-17,19-25H,5,7H2/b18-12+/t11-,13+,14+,15+,16+/m0/s1. The summed E-state index contributed by atoms with van der Waals surface area (Å²) in [6.07, 6.45) is -3.92. The zero-order valence-electron chi connectivity index (χ0n) is 14.9. The summed E-state index contributed by atoms with van der Waals surface area (Å²) in [6, 6.07) is 7.41. The van der Waals surface area contributed by atoms with Crippen molar-refractivity contribution >= 4 is 38.9 Å². The summed E-state index contributed by atoms with van der Waals surface area (Å²) in [4.78, 5) is 3.07. The number of rotatable bonds is 6. The molecule has 1 saturated heterocycles. The van der Waals surface area contributed by atoms with Crippen molar-refractivity contribution in [1.29, 1.82) is 0 Å². The number of nitrogens with one attached hydrogen (secondary N) is 1. The first-order valence-electron chi connectivity index (χ1n) is 8.48. The molecule has 11 nitrogen and oxygen atoms in total. The molecule has 3 rings (SSSR count). The van der Waals surface area contributed by atoms with Crippen molar-refractivity contribution in [3.63, 3.8) is 0 Å². The molecule has 1 aliphatic heterocycles. The van der Waals surface area contributed by atoms with Crippen molar-refractivity contribution in [2.24, 2.45) is 5.16 Å². The molecule has 1 aromatic heterocycles. The number of fused-ring (bicyclic) bond motifs is 1. The third-order valence-electron chi connectivity index (χ3n) is 4.36. The second-order valence-corrected chi connectivity index (χ2v) is 8.64. The fraction of sp³-hybridized carbons (Fsp3) is 0.438. The minimum atomic E-state index is -4.37. The van der Waals surface area contributed by atoms with Crippen LogP contribution in [0, 0.1) is 0 Å². The summed E-state index contributed by atoms with van der Waals surface area (Å²) in [6.45, 7) is -0.593. The molecular weight excluding hydrogens is 428 g/mol. The highest BCUT2D eigenvalue weighted by atomic mass is 32.3.